The van der Waals surface area contributed by atoms with E-state index >= 15 is 0 Å². The molecule has 0 radical (unpaired) electrons. The highest BCUT2D eigenvalue weighted by Crippen LogP contribution is 2.34. The molecule has 0 fully saturated rings. The third-order valence-electron chi connectivity index (χ3n) is 0.953. The molecule has 0 aliphatic carbocycles. The lowest BCUT2D eigenvalue weighted by Crippen LogP contribution is -2.04. The van der Waals surface area contributed by atoms with Gasteiger partial charge in [0.2, 0.25) is 5.88 Å². The Bertz CT molecular complexity index is 323. The fourth-order valence-electron chi connectivity index (χ4n) is 0.546. The molecule has 1 aromatic rings. The number of oxazole rings is 1. The van der Waals surface area contributed by atoms with Crippen LogP contribution >= 0.6 is 0 Å². The normalized spacial score (nSPS) is 10.9. The molecule has 0 amide bonds. The van der Waals surface area contributed by atoms with Crippen LogP contribution in [0.3, 0.4) is 0 Å². The van der Waals surface area contributed by atoms with Crippen LogP contribution in [0.1, 0.15) is 5.69 Å². The summed E-state index contributed by atoms with van der Waals surface area (Å²) in [6, 6.07) is 0. The van der Waals surface area contributed by atoms with Crippen molar-refractivity contribution in [2.75, 3.05) is 0 Å². The number of rotatable bonds is 1. The summed E-state index contributed by atoms with van der Waals surface area (Å²) in [5.74, 6) is -0.870. The van der Waals surface area contributed by atoms with Gasteiger partial charge in [0, 0.05) is 4.91 Å². The Labute approximate surface area is 63.4 Å². The van der Waals surface area contributed by atoms with E-state index in [4.69, 9.17) is 5.53 Å². The maximum atomic E-state index is 11.9. The Morgan fingerprint density at radius 1 is 1.58 bits per heavy atom. The third-order valence-corrected chi connectivity index (χ3v) is 0.953. The van der Waals surface area contributed by atoms with Crippen LogP contribution in [0.4, 0.5) is 19.1 Å². The average Bonchev–Trinajstić information content (AvgIpc) is 2.34. The predicted molar refractivity (Wildman–Crippen MR) is 30.3 cm³/mol. The van der Waals surface area contributed by atoms with Gasteiger partial charge >= 0.3 is 6.18 Å². The number of azide groups is 1. The molecule has 8 heteroatoms. The average molecular weight is 178 g/mol. The number of hydrogen-bond acceptors (Lipinski definition) is 3. The molecular formula is C4HF3N4O. The zero-order valence-electron chi connectivity index (χ0n) is 5.41. The van der Waals surface area contributed by atoms with E-state index in [1.807, 2.05) is 0 Å². The van der Waals surface area contributed by atoms with Crippen molar-refractivity contribution in [3.63, 3.8) is 0 Å². The monoisotopic (exact) mass is 178 g/mol. The van der Waals surface area contributed by atoms with Crippen LogP contribution in [0.2, 0.25) is 0 Å². The van der Waals surface area contributed by atoms with Crippen molar-refractivity contribution in [3.8, 4) is 0 Å². The lowest BCUT2D eigenvalue weighted by molar-refractivity contribution is -0.140. The van der Waals surface area contributed by atoms with Crippen LogP contribution in [-0.4, -0.2) is 4.98 Å². The Kier molecular flexibility index (Phi) is 1.92. The molecule has 0 bridgehead atoms. The van der Waals surface area contributed by atoms with Gasteiger partial charge in [0.15, 0.2) is 12.1 Å². The molecule has 0 aliphatic heterocycles. The van der Waals surface area contributed by atoms with E-state index < -0.39 is 17.8 Å². The molecule has 0 aliphatic rings. The molecule has 0 saturated heterocycles. The van der Waals surface area contributed by atoms with Crippen LogP contribution in [0.15, 0.2) is 15.9 Å². The van der Waals surface area contributed by atoms with E-state index in [1.165, 1.54) is 0 Å². The summed E-state index contributed by atoms with van der Waals surface area (Å²) in [4.78, 5) is 4.99. The zero-order valence-corrected chi connectivity index (χ0v) is 5.41. The predicted octanol–water partition coefficient (Wildman–Crippen LogP) is 2.64. The fourth-order valence-corrected chi connectivity index (χ4v) is 0.546. The summed E-state index contributed by atoms with van der Waals surface area (Å²) in [5.41, 5.74) is 6.51. The van der Waals surface area contributed by atoms with Crippen LogP contribution in [-0.2, 0) is 6.18 Å². The molecule has 64 valence electrons. The molecule has 12 heavy (non-hydrogen) atoms. The minimum atomic E-state index is -4.66. The minimum absolute atomic E-state index is 0.562. The van der Waals surface area contributed by atoms with Crippen molar-refractivity contribution in [1.82, 2.24) is 4.98 Å². The van der Waals surface area contributed by atoms with Crippen LogP contribution in [0, 0.1) is 0 Å². The van der Waals surface area contributed by atoms with Crippen molar-refractivity contribution < 1.29 is 17.6 Å². The van der Waals surface area contributed by atoms with Crippen LogP contribution < -0.4 is 0 Å². The van der Waals surface area contributed by atoms with Gasteiger partial charge in [-0.05, 0) is 10.6 Å². The lowest BCUT2D eigenvalue weighted by Gasteiger charge is -2.00. The Morgan fingerprint density at radius 3 is 2.75 bits per heavy atom. The fraction of sp³-hybridized carbons (Fsp3) is 0.250. The number of nitrogens with zero attached hydrogens (tertiary/aromatic N) is 4. The standard InChI is InChI=1S/C4HF3N4O/c5-4(6,7)2-3(10-11-8)12-1-9-2/h1H. The van der Waals surface area contributed by atoms with Crippen molar-refractivity contribution in [2.45, 2.75) is 6.18 Å². The first kappa shape index (κ1) is 8.41. The van der Waals surface area contributed by atoms with Crippen LogP contribution in [0.5, 0.6) is 0 Å². The summed E-state index contributed by atoms with van der Waals surface area (Å²) >= 11 is 0. The van der Waals surface area contributed by atoms with Crippen molar-refractivity contribution in [2.24, 2.45) is 5.11 Å². The van der Waals surface area contributed by atoms with Gasteiger partial charge in [-0.15, -0.1) is 0 Å². The summed E-state index contributed by atoms with van der Waals surface area (Å²) in [7, 11) is 0. The molecular weight excluding hydrogens is 177 g/mol. The molecule has 0 spiro atoms. The number of aromatic nitrogens is 1. The first-order chi connectivity index (χ1) is 5.55. The quantitative estimate of drug-likeness (QED) is 0.376. The zero-order chi connectivity index (χ0) is 9.19. The first-order valence-corrected chi connectivity index (χ1v) is 2.61. The van der Waals surface area contributed by atoms with E-state index in [0.717, 1.165) is 0 Å². The number of hydrogen-bond donors (Lipinski definition) is 0. The summed E-state index contributed by atoms with van der Waals surface area (Å²) in [5, 5.41) is 2.66. The second-order valence-electron chi connectivity index (χ2n) is 1.69. The number of halogens is 3. The maximum absolute atomic E-state index is 11.9. The van der Waals surface area contributed by atoms with Gasteiger partial charge in [-0.25, -0.2) is 4.98 Å². The Balaban J connectivity index is 3.16. The third kappa shape index (κ3) is 1.48. The lowest BCUT2D eigenvalue weighted by atomic mass is 10.4. The largest absolute Gasteiger partial charge is 0.441 e. The Morgan fingerprint density at radius 2 is 2.25 bits per heavy atom. The molecule has 1 aromatic heterocycles. The van der Waals surface area contributed by atoms with Gasteiger partial charge in [-0.2, -0.15) is 13.2 Å². The van der Waals surface area contributed by atoms with E-state index in [-0.39, 0.29) is 0 Å². The van der Waals surface area contributed by atoms with Gasteiger partial charge in [-0.1, -0.05) is 0 Å². The van der Waals surface area contributed by atoms with Gasteiger partial charge in [0.25, 0.3) is 0 Å². The molecule has 0 N–H and O–H groups in total. The van der Waals surface area contributed by atoms with Crippen molar-refractivity contribution in [3.05, 3.63) is 22.5 Å². The minimum Gasteiger partial charge on any atom is -0.441 e. The topological polar surface area (TPSA) is 74.8 Å². The van der Waals surface area contributed by atoms with Gasteiger partial charge in [-0.3, -0.25) is 0 Å². The molecule has 0 saturated carbocycles. The van der Waals surface area contributed by atoms with E-state index in [0.29, 0.717) is 6.39 Å². The van der Waals surface area contributed by atoms with Gasteiger partial charge in [0.1, 0.15) is 0 Å². The van der Waals surface area contributed by atoms with Gasteiger partial charge in [0.05, 0.1) is 0 Å². The highest BCUT2D eigenvalue weighted by atomic mass is 19.4. The molecule has 0 aromatic carbocycles. The van der Waals surface area contributed by atoms with E-state index in [9.17, 15) is 13.2 Å². The summed E-state index contributed by atoms with van der Waals surface area (Å²) in [6.07, 6.45) is -4.09. The molecule has 1 heterocycles. The maximum Gasteiger partial charge on any atom is 0.437 e. The summed E-state index contributed by atoms with van der Waals surface area (Å²) < 4.78 is 39.9. The van der Waals surface area contributed by atoms with Crippen molar-refractivity contribution in [1.29, 1.82) is 0 Å². The molecule has 5 nitrogen and oxygen atoms in total. The number of alkyl halides is 3. The second kappa shape index (κ2) is 2.74. The second-order valence-corrected chi connectivity index (χ2v) is 1.69. The summed E-state index contributed by atoms with van der Waals surface area (Å²) in [6.45, 7) is 0. The molecule has 0 atom stereocenters. The van der Waals surface area contributed by atoms with E-state index in [2.05, 4.69) is 19.4 Å². The molecule has 0 unspecified atom stereocenters. The SMILES string of the molecule is [N-]=[N+]=Nc1ocnc1C(F)(F)F. The van der Waals surface area contributed by atoms with Gasteiger partial charge < -0.3 is 4.42 Å². The molecule has 1 rings (SSSR count). The van der Waals surface area contributed by atoms with Crippen molar-refractivity contribution >= 4 is 5.88 Å². The highest BCUT2D eigenvalue weighted by Gasteiger charge is 2.37. The first-order valence-electron chi connectivity index (χ1n) is 2.61. The highest BCUT2D eigenvalue weighted by molar-refractivity contribution is 5.30. The van der Waals surface area contributed by atoms with E-state index in [1.54, 1.807) is 0 Å². The Hall–Kier alpha value is -1.69. The van der Waals surface area contributed by atoms with Crippen LogP contribution in [0.25, 0.3) is 10.4 Å². The smallest absolute Gasteiger partial charge is 0.437 e.